The Morgan fingerprint density at radius 2 is 2.14 bits per heavy atom. The molecule has 14 heavy (non-hydrogen) atoms. The first-order valence-electron chi connectivity index (χ1n) is 4.07. The first-order valence-corrected chi connectivity index (χ1v) is 4.07. The van der Waals surface area contributed by atoms with Crippen LogP contribution in [0.3, 0.4) is 0 Å². The molecule has 3 nitrogen and oxygen atoms in total. The summed E-state index contributed by atoms with van der Waals surface area (Å²) in [5.41, 5.74) is 0.349. The van der Waals surface area contributed by atoms with Crippen molar-refractivity contribution in [2.24, 2.45) is 0 Å². The van der Waals surface area contributed by atoms with Crippen LogP contribution in [0, 0.1) is 5.82 Å². The standard InChI is InChI=1S/C10H8FNO2/c1-14-9-5-8-6(4-7(9)11)2-3-10(13)12-8/h2-5H,1H3,(H,12,13). The van der Waals surface area contributed by atoms with Gasteiger partial charge in [-0.2, -0.15) is 0 Å². The average molecular weight is 193 g/mol. The van der Waals surface area contributed by atoms with Gasteiger partial charge in [-0.1, -0.05) is 0 Å². The molecule has 0 spiro atoms. The van der Waals surface area contributed by atoms with Crippen molar-refractivity contribution < 1.29 is 9.13 Å². The summed E-state index contributed by atoms with van der Waals surface area (Å²) in [5, 5.41) is 0.642. The van der Waals surface area contributed by atoms with E-state index in [0.717, 1.165) is 0 Å². The number of benzene rings is 1. The molecule has 0 aliphatic rings. The van der Waals surface area contributed by atoms with Crippen LogP contribution in [0.5, 0.6) is 5.75 Å². The molecule has 0 amide bonds. The Hall–Kier alpha value is -1.84. The van der Waals surface area contributed by atoms with E-state index in [2.05, 4.69) is 4.98 Å². The molecule has 0 radical (unpaired) electrons. The lowest BCUT2D eigenvalue weighted by Gasteiger charge is -2.03. The van der Waals surface area contributed by atoms with Crippen LogP contribution in [0.25, 0.3) is 10.9 Å². The lowest BCUT2D eigenvalue weighted by molar-refractivity contribution is 0.387. The third-order valence-corrected chi connectivity index (χ3v) is 2.00. The number of pyridine rings is 1. The third kappa shape index (κ3) is 1.35. The van der Waals surface area contributed by atoms with E-state index in [1.165, 1.54) is 25.3 Å². The largest absolute Gasteiger partial charge is 0.494 e. The number of hydrogen-bond acceptors (Lipinski definition) is 2. The monoisotopic (exact) mass is 193 g/mol. The van der Waals surface area contributed by atoms with Crippen molar-refractivity contribution in [1.29, 1.82) is 0 Å². The summed E-state index contributed by atoms with van der Waals surface area (Å²) < 4.78 is 18.0. The number of ether oxygens (including phenoxy) is 1. The Morgan fingerprint density at radius 3 is 2.86 bits per heavy atom. The highest BCUT2D eigenvalue weighted by molar-refractivity contribution is 5.79. The number of aromatic amines is 1. The van der Waals surface area contributed by atoms with Crippen molar-refractivity contribution in [3.8, 4) is 5.75 Å². The normalized spacial score (nSPS) is 10.4. The zero-order valence-corrected chi connectivity index (χ0v) is 7.50. The van der Waals surface area contributed by atoms with Gasteiger partial charge in [0, 0.05) is 17.5 Å². The summed E-state index contributed by atoms with van der Waals surface area (Å²) in [6, 6.07) is 5.71. The Morgan fingerprint density at radius 1 is 1.36 bits per heavy atom. The van der Waals surface area contributed by atoms with Gasteiger partial charge in [0.05, 0.1) is 12.6 Å². The molecule has 4 heteroatoms. The topological polar surface area (TPSA) is 42.1 Å². The van der Waals surface area contributed by atoms with Gasteiger partial charge in [-0.05, 0) is 12.1 Å². The van der Waals surface area contributed by atoms with Gasteiger partial charge in [-0.3, -0.25) is 4.79 Å². The van der Waals surface area contributed by atoms with Crippen molar-refractivity contribution in [1.82, 2.24) is 4.98 Å². The van der Waals surface area contributed by atoms with Crippen molar-refractivity contribution >= 4 is 10.9 Å². The van der Waals surface area contributed by atoms with Crippen molar-refractivity contribution in [3.05, 3.63) is 40.4 Å². The predicted molar refractivity (Wildman–Crippen MR) is 51.1 cm³/mol. The molecule has 0 atom stereocenters. The molecular weight excluding hydrogens is 185 g/mol. The van der Waals surface area contributed by atoms with E-state index in [1.807, 2.05) is 0 Å². The zero-order chi connectivity index (χ0) is 10.1. The van der Waals surface area contributed by atoms with Gasteiger partial charge in [-0.15, -0.1) is 0 Å². The molecule has 2 rings (SSSR count). The summed E-state index contributed by atoms with van der Waals surface area (Å²) in [7, 11) is 1.38. The smallest absolute Gasteiger partial charge is 0.248 e. The number of rotatable bonds is 1. The van der Waals surface area contributed by atoms with Crippen LogP contribution < -0.4 is 10.3 Å². The maximum absolute atomic E-state index is 13.2. The second kappa shape index (κ2) is 3.14. The molecule has 1 N–H and O–H groups in total. The average Bonchev–Trinajstić information content (AvgIpc) is 2.17. The number of aromatic nitrogens is 1. The number of nitrogens with one attached hydrogen (secondary N) is 1. The maximum Gasteiger partial charge on any atom is 0.248 e. The fraction of sp³-hybridized carbons (Fsp3) is 0.100. The number of hydrogen-bond donors (Lipinski definition) is 1. The molecule has 72 valence electrons. The van der Waals surface area contributed by atoms with Gasteiger partial charge >= 0.3 is 0 Å². The van der Waals surface area contributed by atoms with Gasteiger partial charge < -0.3 is 9.72 Å². The van der Waals surface area contributed by atoms with Crippen LogP contribution in [0.15, 0.2) is 29.1 Å². The van der Waals surface area contributed by atoms with E-state index in [0.29, 0.717) is 10.9 Å². The van der Waals surface area contributed by atoms with E-state index in [9.17, 15) is 9.18 Å². The van der Waals surface area contributed by atoms with Gasteiger partial charge in [0.15, 0.2) is 11.6 Å². The Bertz CT molecular complexity index is 533. The SMILES string of the molecule is COc1cc2[nH]c(=O)ccc2cc1F. The molecular formula is C10H8FNO2. The van der Waals surface area contributed by atoms with Gasteiger partial charge in [-0.25, -0.2) is 4.39 Å². The first kappa shape index (κ1) is 8.74. The van der Waals surface area contributed by atoms with E-state index >= 15 is 0 Å². The van der Waals surface area contributed by atoms with Crippen LogP contribution in [0.4, 0.5) is 4.39 Å². The fourth-order valence-electron chi connectivity index (χ4n) is 1.31. The predicted octanol–water partition coefficient (Wildman–Crippen LogP) is 1.68. The Kier molecular flexibility index (Phi) is 1.96. The first-order chi connectivity index (χ1) is 6.70. The number of halogens is 1. The van der Waals surface area contributed by atoms with Crippen molar-refractivity contribution in [2.75, 3.05) is 7.11 Å². The fourth-order valence-corrected chi connectivity index (χ4v) is 1.31. The minimum absolute atomic E-state index is 0.124. The molecule has 1 aromatic carbocycles. The van der Waals surface area contributed by atoms with E-state index < -0.39 is 5.82 Å². The Balaban J connectivity index is 2.80. The summed E-state index contributed by atoms with van der Waals surface area (Å²) in [5.74, 6) is -0.314. The molecule has 0 fully saturated rings. The molecule has 0 saturated heterocycles. The van der Waals surface area contributed by atoms with E-state index in [1.54, 1.807) is 6.07 Å². The van der Waals surface area contributed by atoms with Crippen molar-refractivity contribution in [2.45, 2.75) is 0 Å². The van der Waals surface area contributed by atoms with Crippen LogP contribution in [-0.4, -0.2) is 12.1 Å². The van der Waals surface area contributed by atoms with Gasteiger partial charge in [0.1, 0.15) is 0 Å². The summed E-state index contributed by atoms with van der Waals surface area (Å²) in [4.78, 5) is 13.6. The number of methoxy groups -OCH3 is 1. The quantitative estimate of drug-likeness (QED) is 0.748. The summed E-state index contributed by atoms with van der Waals surface area (Å²) >= 11 is 0. The maximum atomic E-state index is 13.2. The zero-order valence-electron chi connectivity index (χ0n) is 7.50. The minimum Gasteiger partial charge on any atom is -0.494 e. The highest BCUT2D eigenvalue weighted by Gasteiger charge is 2.04. The molecule has 0 aliphatic heterocycles. The summed E-state index contributed by atoms with van der Waals surface area (Å²) in [6.45, 7) is 0. The lowest BCUT2D eigenvalue weighted by Crippen LogP contribution is -2.02. The third-order valence-electron chi connectivity index (χ3n) is 2.00. The molecule has 1 heterocycles. The second-order valence-electron chi connectivity index (χ2n) is 2.90. The van der Waals surface area contributed by atoms with Crippen LogP contribution in [0.1, 0.15) is 0 Å². The van der Waals surface area contributed by atoms with Gasteiger partial charge in [0.25, 0.3) is 0 Å². The highest BCUT2D eigenvalue weighted by atomic mass is 19.1. The number of H-pyrrole nitrogens is 1. The molecule has 0 bridgehead atoms. The number of fused-ring (bicyclic) bond motifs is 1. The molecule has 0 saturated carbocycles. The van der Waals surface area contributed by atoms with Crippen LogP contribution in [0.2, 0.25) is 0 Å². The minimum atomic E-state index is -0.438. The second-order valence-corrected chi connectivity index (χ2v) is 2.90. The van der Waals surface area contributed by atoms with Crippen LogP contribution in [-0.2, 0) is 0 Å². The van der Waals surface area contributed by atoms with Crippen LogP contribution >= 0.6 is 0 Å². The lowest BCUT2D eigenvalue weighted by atomic mass is 10.2. The van der Waals surface area contributed by atoms with Gasteiger partial charge in [0.2, 0.25) is 5.56 Å². The molecule has 0 aliphatic carbocycles. The highest BCUT2D eigenvalue weighted by Crippen LogP contribution is 2.21. The molecule has 2 aromatic rings. The van der Waals surface area contributed by atoms with E-state index in [-0.39, 0.29) is 11.3 Å². The van der Waals surface area contributed by atoms with E-state index in [4.69, 9.17) is 4.74 Å². The molecule has 1 aromatic heterocycles. The van der Waals surface area contributed by atoms with Crippen molar-refractivity contribution in [3.63, 3.8) is 0 Å². The molecule has 0 unspecified atom stereocenters. The summed E-state index contributed by atoms with van der Waals surface area (Å²) in [6.07, 6.45) is 0. The Labute approximate surface area is 79.1 Å².